The van der Waals surface area contributed by atoms with Crippen LogP contribution in [0.3, 0.4) is 0 Å². The van der Waals surface area contributed by atoms with Gasteiger partial charge in [-0.05, 0) is 29.8 Å². The molecule has 0 amide bonds. The third-order valence-corrected chi connectivity index (χ3v) is 5.16. The summed E-state index contributed by atoms with van der Waals surface area (Å²) in [4.78, 5) is 13.1. The zero-order valence-corrected chi connectivity index (χ0v) is 15.3. The minimum atomic E-state index is -3.09. The molecule has 2 heterocycles. The first-order valence-corrected chi connectivity index (χ1v) is 8.99. The molecule has 0 saturated carbocycles. The number of benzene rings is 2. The van der Waals surface area contributed by atoms with Gasteiger partial charge in [-0.1, -0.05) is 12.1 Å². The molecule has 1 fully saturated rings. The normalized spacial score (nSPS) is 28.2. The lowest BCUT2D eigenvalue weighted by Gasteiger charge is -2.40. The lowest BCUT2D eigenvalue weighted by Crippen LogP contribution is -2.55. The summed E-state index contributed by atoms with van der Waals surface area (Å²) >= 11 is 0. The molecule has 1 saturated heterocycles. The molecule has 1 aromatic heterocycles. The molecule has 1 aliphatic rings. The van der Waals surface area contributed by atoms with E-state index in [1.165, 1.54) is 30.3 Å². The number of rotatable bonds is 3. The average molecular weight is 418 g/mol. The van der Waals surface area contributed by atoms with Crippen LogP contribution in [0.5, 0.6) is 11.5 Å². The number of hydrogen-bond donors (Lipinski definition) is 6. The van der Waals surface area contributed by atoms with E-state index in [4.69, 9.17) is 11.9 Å². The van der Waals surface area contributed by atoms with E-state index in [9.17, 15) is 35.4 Å². The maximum absolute atomic E-state index is 13.1. The van der Waals surface area contributed by atoms with Crippen molar-refractivity contribution in [3.05, 3.63) is 58.4 Å². The van der Waals surface area contributed by atoms with Crippen LogP contribution in [0.2, 0.25) is 0 Å². The Bertz CT molecular complexity index is 1200. The second-order valence-electron chi connectivity index (χ2n) is 6.98. The summed E-state index contributed by atoms with van der Waals surface area (Å²) in [6.45, 7) is -3.09. The van der Waals surface area contributed by atoms with E-state index in [1.807, 2.05) is 0 Å². The number of phenolic OH excluding ortho intramolecular Hbond substituents is 2. The first-order valence-electron chi connectivity index (χ1n) is 9.99. The fourth-order valence-electron chi connectivity index (χ4n) is 3.55. The number of aromatic hydroxyl groups is 2. The molecule has 0 radical (unpaired) electrons. The van der Waals surface area contributed by atoms with Crippen molar-refractivity contribution in [2.24, 2.45) is 0 Å². The van der Waals surface area contributed by atoms with Gasteiger partial charge in [0.25, 0.3) is 0 Å². The van der Waals surface area contributed by atoms with Gasteiger partial charge in [0.2, 0.25) is 5.43 Å². The number of aliphatic hydroxyl groups is 4. The van der Waals surface area contributed by atoms with Gasteiger partial charge in [0, 0.05) is 0 Å². The van der Waals surface area contributed by atoms with E-state index in [2.05, 4.69) is 0 Å². The van der Waals surface area contributed by atoms with Gasteiger partial charge in [-0.3, -0.25) is 4.79 Å². The summed E-state index contributed by atoms with van der Waals surface area (Å²) in [5.74, 6) is -0.475. The van der Waals surface area contributed by atoms with E-state index in [0.717, 1.165) is 12.3 Å². The average Bonchev–Trinajstić information content (AvgIpc) is 2.73. The summed E-state index contributed by atoms with van der Waals surface area (Å²) in [6, 6.07) is 8.23. The van der Waals surface area contributed by atoms with Crippen molar-refractivity contribution in [2.45, 2.75) is 30.5 Å². The lowest BCUT2D eigenvalue weighted by atomic mass is 9.89. The van der Waals surface area contributed by atoms with Crippen molar-refractivity contribution >= 4 is 11.0 Å². The third kappa shape index (κ3) is 3.22. The molecular formula is C21H20O9. The molecule has 2 aromatic carbocycles. The predicted octanol–water partition coefficient (Wildman–Crippen LogP) is 0.386. The SMILES string of the molecule is [2H]C([2H])(O)[C@H]1O[C@@H](c2c(O)ccc3c(=O)c(-c4ccc(O)cc4)coc23)[C@H](O)[C@@H](O)[C@@H]1O. The van der Waals surface area contributed by atoms with Crippen LogP contribution >= 0.6 is 0 Å². The molecule has 0 aliphatic carbocycles. The molecule has 0 spiro atoms. The fraction of sp³-hybridized carbons (Fsp3) is 0.286. The van der Waals surface area contributed by atoms with Gasteiger partial charge < -0.3 is 39.8 Å². The van der Waals surface area contributed by atoms with Crippen LogP contribution in [0.1, 0.15) is 14.4 Å². The molecule has 6 N–H and O–H groups in total. The Morgan fingerprint density at radius 3 is 2.33 bits per heavy atom. The molecule has 9 nitrogen and oxygen atoms in total. The molecule has 1 aliphatic heterocycles. The van der Waals surface area contributed by atoms with Gasteiger partial charge in [0.05, 0.1) is 25.8 Å². The number of ether oxygens (including phenoxy) is 1. The minimum absolute atomic E-state index is 0.00798. The Kier molecular flexibility index (Phi) is 4.59. The summed E-state index contributed by atoms with van der Waals surface area (Å²) in [5.41, 5.74) is -0.349. The molecule has 3 aromatic rings. The maximum Gasteiger partial charge on any atom is 0.200 e. The van der Waals surface area contributed by atoms with E-state index in [1.54, 1.807) is 0 Å². The smallest absolute Gasteiger partial charge is 0.200 e. The largest absolute Gasteiger partial charge is 0.508 e. The van der Waals surface area contributed by atoms with E-state index >= 15 is 0 Å². The van der Waals surface area contributed by atoms with Gasteiger partial charge in [0.1, 0.15) is 53.9 Å². The van der Waals surface area contributed by atoms with Crippen LogP contribution in [0.4, 0.5) is 0 Å². The highest BCUT2D eigenvalue weighted by Gasteiger charge is 2.45. The zero-order chi connectivity index (χ0) is 23.4. The molecule has 158 valence electrons. The van der Waals surface area contributed by atoms with Crippen molar-refractivity contribution in [1.82, 2.24) is 0 Å². The van der Waals surface area contributed by atoms with Crippen molar-refractivity contribution in [3.8, 4) is 22.6 Å². The predicted molar refractivity (Wildman–Crippen MR) is 104 cm³/mol. The Balaban J connectivity index is 1.87. The first kappa shape index (κ1) is 17.9. The van der Waals surface area contributed by atoms with Crippen LogP contribution in [0, 0.1) is 0 Å². The summed E-state index contributed by atoms with van der Waals surface area (Å²) in [5, 5.41) is 60.3. The van der Waals surface area contributed by atoms with E-state index in [0.29, 0.717) is 5.56 Å². The van der Waals surface area contributed by atoms with Gasteiger partial charge >= 0.3 is 0 Å². The molecule has 0 bridgehead atoms. The van der Waals surface area contributed by atoms with Crippen molar-refractivity contribution in [3.63, 3.8) is 0 Å². The molecule has 4 rings (SSSR count). The van der Waals surface area contributed by atoms with Crippen LogP contribution in [0.15, 0.2) is 51.9 Å². The maximum atomic E-state index is 13.1. The molecule has 0 unspecified atom stereocenters. The highest BCUT2D eigenvalue weighted by molar-refractivity contribution is 5.86. The lowest BCUT2D eigenvalue weighted by molar-refractivity contribution is -0.231. The van der Waals surface area contributed by atoms with E-state index < -0.39 is 48.3 Å². The topological polar surface area (TPSA) is 161 Å². The Labute approximate surface area is 172 Å². The summed E-state index contributed by atoms with van der Waals surface area (Å²) in [7, 11) is 0. The quantitative estimate of drug-likeness (QED) is 0.353. The zero-order valence-electron chi connectivity index (χ0n) is 17.3. The van der Waals surface area contributed by atoms with Gasteiger partial charge in [0.15, 0.2) is 0 Å². The first-order chi connectivity index (χ1) is 15.0. The number of aliphatic hydroxyl groups excluding tert-OH is 3. The third-order valence-electron chi connectivity index (χ3n) is 5.16. The fourth-order valence-corrected chi connectivity index (χ4v) is 3.55. The van der Waals surface area contributed by atoms with Gasteiger partial charge in [-0.15, -0.1) is 0 Å². The molecule has 5 atom stereocenters. The van der Waals surface area contributed by atoms with Crippen LogP contribution in [-0.4, -0.2) is 61.6 Å². The minimum Gasteiger partial charge on any atom is -0.508 e. The van der Waals surface area contributed by atoms with E-state index in [-0.39, 0.29) is 27.8 Å². The molecule has 9 heteroatoms. The van der Waals surface area contributed by atoms with Crippen molar-refractivity contribution in [2.75, 3.05) is 6.56 Å². The van der Waals surface area contributed by atoms with Gasteiger partial charge in [-0.2, -0.15) is 0 Å². The highest BCUT2D eigenvalue weighted by atomic mass is 16.5. The number of fused-ring (bicyclic) bond motifs is 1. The summed E-state index contributed by atoms with van der Waals surface area (Å²) in [6.07, 6.45) is -8.24. The standard InChI is InChI=1S/C21H20O9/c22-7-14-17(26)18(27)19(28)21(30-14)15-13(24)6-5-11-16(25)12(8-29-20(11)15)9-1-3-10(23)4-2-9/h1-6,8,14,17-19,21-24,26-28H,7H2/t14-,17-,18+,19-,21+/m1/s1/i7D2. The Morgan fingerprint density at radius 1 is 0.967 bits per heavy atom. The monoisotopic (exact) mass is 418 g/mol. The van der Waals surface area contributed by atoms with Crippen molar-refractivity contribution in [1.29, 1.82) is 0 Å². The van der Waals surface area contributed by atoms with Crippen LogP contribution in [0.25, 0.3) is 22.1 Å². The highest BCUT2D eigenvalue weighted by Crippen LogP contribution is 2.40. The van der Waals surface area contributed by atoms with Crippen LogP contribution in [-0.2, 0) is 4.74 Å². The Morgan fingerprint density at radius 2 is 1.67 bits per heavy atom. The number of hydrogen-bond acceptors (Lipinski definition) is 9. The summed E-state index contributed by atoms with van der Waals surface area (Å²) < 4.78 is 25.8. The second-order valence-corrected chi connectivity index (χ2v) is 6.98. The Hall–Kier alpha value is -2.95. The second kappa shape index (κ2) is 7.71. The molecule has 30 heavy (non-hydrogen) atoms. The van der Waals surface area contributed by atoms with Crippen molar-refractivity contribution < 1.29 is 42.5 Å². The van der Waals surface area contributed by atoms with Gasteiger partial charge in [-0.25, -0.2) is 0 Å². The number of phenols is 2. The van der Waals surface area contributed by atoms with Crippen LogP contribution < -0.4 is 5.43 Å². The molecular weight excluding hydrogens is 396 g/mol.